The molecule has 0 N–H and O–H groups in total. The Labute approximate surface area is 89.7 Å². The topological polar surface area (TPSA) is 37.4 Å². The Morgan fingerprint density at radius 1 is 1.31 bits per heavy atom. The second-order valence-corrected chi connectivity index (χ2v) is 6.41. The van der Waals surface area contributed by atoms with E-state index in [0.29, 0.717) is 5.33 Å². The van der Waals surface area contributed by atoms with Crippen LogP contribution in [-0.4, -0.2) is 36.9 Å². The van der Waals surface area contributed by atoms with E-state index in [1.165, 1.54) is 4.31 Å². The van der Waals surface area contributed by atoms with Crippen molar-refractivity contribution in [1.29, 1.82) is 0 Å². The Morgan fingerprint density at radius 2 is 1.77 bits per heavy atom. The van der Waals surface area contributed by atoms with Crippen LogP contribution >= 0.6 is 15.9 Å². The lowest BCUT2D eigenvalue weighted by Crippen LogP contribution is -2.38. The third-order valence-corrected chi connectivity index (χ3v) is 5.09. The van der Waals surface area contributed by atoms with Crippen molar-refractivity contribution in [2.75, 3.05) is 18.1 Å². The molecule has 5 heteroatoms. The van der Waals surface area contributed by atoms with Gasteiger partial charge in [0.1, 0.15) is 0 Å². The van der Waals surface area contributed by atoms with Gasteiger partial charge in [-0.3, -0.25) is 0 Å². The summed E-state index contributed by atoms with van der Waals surface area (Å²) < 4.78 is 24.7. The lowest BCUT2D eigenvalue weighted by Gasteiger charge is -2.23. The molecule has 0 amide bonds. The van der Waals surface area contributed by atoms with Gasteiger partial charge in [-0.1, -0.05) is 29.8 Å². The third kappa shape index (κ3) is 4.42. The standard InChI is InChI=1S/C8H18BrNO2S/c1-7(2)6-13(11,12)10(4)8(3)5-9/h7-8H,5-6H2,1-4H3. The highest BCUT2D eigenvalue weighted by atomic mass is 79.9. The zero-order chi connectivity index (χ0) is 10.6. The van der Waals surface area contributed by atoms with Gasteiger partial charge in [-0.25, -0.2) is 12.7 Å². The summed E-state index contributed by atoms with van der Waals surface area (Å²) in [6.07, 6.45) is 0. The molecule has 0 saturated heterocycles. The maximum Gasteiger partial charge on any atom is 0.214 e. The lowest BCUT2D eigenvalue weighted by molar-refractivity contribution is 0.412. The molecule has 0 heterocycles. The van der Waals surface area contributed by atoms with Crippen molar-refractivity contribution in [2.45, 2.75) is 26.8 Å². The molecular formula is C8H18BrNO2S. The predicted octanol–water partition coefficient (Wildman–Crippen LogP) is 1.69. The van der Waals surface area contributed by atoms with Gasteiger partial charge in [0.2, 0.25) is 10.0 Å². The van der Waals surface area contributed by atoms with Crippen LogP contribution in [0.25, 0.3) is 0 Å². The SMILES string of the molecule is CC(C)CS(=O)(=O)N(C)C(C)CBr. The van der Waals surface area contributed by atoms with Crippen molar-refractivity contribution in [3.8, 4) is 0 Å². The summed E-state index contributed by atoms with van der Waals surface area (Å²) in [5.74, 6) is 0.399. The van der Waals surface area contributed by atoms with Gasteiger partial charge >= 0.3 is 0 Å². The molecule has 0 fully saturated rings. The average molecular weight is 272 g/mol. The highest BCUT2D eigenvalue weighted by molar-refractivity contribution is 9.09. The Kier molecular flexibility index (Phi) is 5.47. The van der Waals surface area contributed by atoms with Crippen LogP contribution in [0.15, 0.2) is 0 Å². The van der Waals surface area contributed by atoms with Crippen LogP contribution in [0, 0.1) is 5.92 Å². The van der Waals surface area contributed by atoms with Crippen LogP contribution < -0.4 is 0 Å². The fraction of sp³-hybridized carbons (Fsp3) is 1.00. The van der Waals surface area contributed by atoms with Gasteiger partial charge in [0, 0.05) is 18.4 Å². The zero-order valence-corrected chi connectivity index (χ0v) is 11.0. The Balaban J connectivity index is 4.46. The van der Waals surface area contributed by atoms with E-state index in [0.717, 1.165) is 0 Å². The van der Waals surface area contributed by atoms with Crippen LogP contribution in [0.3, 0.4) is 0 Å². The van der Waals surface area contributed by atoms with Crippen molar-refractivity contribution in [3.05, 3.63) is 0 Å². The molecule has 0 bridgehead atoms. The zero-order valence-electron chi connectivity index (χ0n) is 8.62. The van der Waals surface area contributed by atoms with Gasteiger partial charge in [0.25, 0.3) is 0 Å². The van der Waals surface area contributed by atoms with Crippen LogP contribution in [0.4, 0.5) is 0 Å². The molecule has 0 rings (SSSR count). The van der Waals surface area contributed by atoms with Gasteiger partial charge in [-0.2, -0.15) is 0 Å². The van der Waals surface area contributed by atoms with Gasteiger partial charge in [-0.05, 0) is 12.8 Å². The highest BCUT2D eigenvalue weighted by Crippen LogP contribution is 2.10. The van der Waals surface area contributed by atoms with E-state index in [1.54, 1.807) is 7.05 Å². The van der Waals surface area contributed by atoms with E-state index in [4.69, 9.17) is 0 Å². The molecule has 1 atom stereocenters. The van der Waals surface area contributed by atoms with E-state index in [-0.39, 0.29) is 17.7 Å². The number of rotatable bonds is 5. The van der Waals surface area contributed by atoms with Crippen LogP contribution in [0.2, 0.25) is 0 Å². The second-order valence-electron chi connectivity index (χ2n) is 3.69. The summed E-state index contributed by atoms with van der Waals surface area (Å²) in [5, 5.41) is 0.667. The molecule has 0 aromatic carbocycles. The summed E-state index contributed by atoms with van der Waals surface area (Å²) in [6.45, 7) is 5.70. The molecule has 0 radical (unpaired) electrons. The summed E-state index contributed by atoms with van der Waals surface area (Å²) >= 11 is 3.27. The molecule has 3 nitrogen and oxygen atoms in total. The quantitative estimate of drug-likeness (QED) is 0.714. The van der Waals surface area contributed by atoms with Crippen molar-refractivity contribution in [1.82, 2.24) is 4.31 Å². The first-order valence-electron chi connectivity index (χ1n) is 4.33. The molecule has 13 heavy (non-hydrogen) atoms. The van der Waals surface area contributed by atoms with Crippen molar-refractivity contribution in [3.63, 3.8) is 0 Å². The molecule has 0 aliphatic rings. The first-order chi connectivity index (χ1) is 5.81. The van der Waals surface area contributed by atoms with Gasteiger partial charge in [0.05, 0.1) is 5.75 Å². The van der Waals surface area contributed by atoms with E-state index in [2.05, 4.69) is 15.9 Å². The largest absolute Gasteiger partial charge is 0.214 e. The number of sulfonamides is 1. The fourth-order valence-corrected chi connectivity index (χ4v) is 3.24. The Hall–Kier alpha value is 0.390. The fourth-order valence-electron chi connectivity index (χ4n) is 0.910. The molecular weight excluding hydrogens is 254 g/mol. The number of hydrogen-bond acceptors (Lipinski definition) is 2. The van der Waals surface area contributed by atoms with E-state index in [1.807, 2.05) is 20.8 Å². The second kappa shape index (κ2) is 5.32. The third-order valence-electron chi connectivity index (χ3n) is 1.83. The molecule has 0 aromatic heterocycles. The maximum atomic E-state index is 11.6. The smallest absolute Gasteiger partial charge is 0.212 e. The summed E-state index contributed by atoms with van der Waals surface area (Å²) in [6, 6.07) is 0.0174. The van der Waals surface area contributed by atoms with Gasteiger partial charge < -0.3 is 0 Å². The Bertz CT molecular complexity index is 239. The summed E-state index contributed by atoms with van der Waals surface area (Å²) in [7, 11) is -1.44. The first kappa shape index (κ1) is 13.4. The van der Waals surface area contributed by atoms with Crippen LogP contribution in [0.1, 0.15) is 20.8 Å². The minimum Gasteiger partial charge on any atom is -0.212 e. The minimum absolute atomic E-state index is 0.0174. The molecule has 0 aromatic rings. The van der Waals surface area contributed by atoms with Crippen molar-refractivity contribution >= 4 is 26.0 Å². The molecule has 0 aliphatic heterocycles. The summed E-state index contributed by atoms with van der Waals surface area (Å²) in [5.41, 5.74) is 0. The van der Waals surface area contributed by atoms with Gasteiger partial charge in [-0.15, -0.1) is 0 Å². The maximum absolute atomic E-state index is 11.6. The Morgan fingerprint density at radius 3 is 2.08 bits per heavy atom. The van der Waals surface area contributed by atoms with Crippen molar-refractivity contribution in [2.24, 2.45) is 5.92 Å². The normalized spacial score (nSPS) is 15.3. The molecule has 0 saturated carbocycles. The predicted molar refractivity (Wildman–Crippen MR) is 59.6 cm³/mol. The molecule has 1 unspecified atom stereocenters. The van der Waals surface area contributed by atoms with Crippen LogP contribution in [-0.2, 0) is 10.0 Å². The van der Waals surface area contributed by atoms with E-state index in [9.17, 15) is 8.42 Å². The van der Waals surface area contributed by atoms with Crippen LogP contribution in [0.5, 0.6) is 0 Å². The number of nitrogens with zero attached hydrogens (tertiary/aromatic N) is 1. The lowest BCUT2D eigenvalue weighted by atomic mass is 10.3. The monoisotopic (exact) mass is 271 g/mol. The van der Waals surface area contributed by atoms with E-state index < -0.39 is 10.0 Å². The first-order valence-corrected chi connectivity index (χ1v) is 7.06. The summed E-state index contributed by atoms with van der Waals surface area (Å²) in [4.78, 5) is 0. The molecule has 0 aliphatic carbocycles. The average Bonchev–Trinajstić information content (AvgIpc) is 1.99. The number of hydrogen-bond donors (Lipinski definition) is 0. The minimum atomic E-state index is -3.07. The molecule has 80 valence electrons. The highest BCUT2D eigenvalue weighted by Gasteiger charge is 2.23. The molecule has 0 spiro atoms. The van der Waals surface area contributed by atoms with E-state index >= 15 is 0 Å². The van der Waals surface area contributed by atoms with Gasteiger partial charge in [0.15, 0.2) is 0 Å². The number of alkyl halides is 1. The van der Waals surface area contributed by atoms with Crippen molar-refractivity contribution < 1.29 is 8.42 Å². The number of halogens is 1.